The van der Waals surface area contributed by atoms with Crippen LogP contribution in [0.25, 0.3) is 5.69 Å². The maximum atomic E-state index is 13.3. The van der Waals surface area contributed by atoms with E-state index in [1.807, 2.05) is 4.90 Å². The van der Waals surface area contributed by atoms with E-state index in [0.717, 1.165) is 25.9 Å². The fourth-order valence-corrected chi connectivity index (χ4v) is 2.56. The molecule has 1 fully saturated rings. The first-order chi connectivity index (χ1) is 10.1. The predicted octanol–water partition coefficient (Wildman–Crippen LogP) is 1.30. The Labute approximate surface area is 121 Å². The molecule has 6 heteroatoms. The normalized spacial score (nSPS) is 16.2. The number of nitrogens with zero attached hydrogens (tertiary/aromatic N) is 3. The Kier molecular flexibility index (Phi) is 3.70. The summed E-state index contributed by atoms with van der Waals surface area (Å²) in [4.78, 5) is 18.7. The second-order valence-electron chi connectivity index (χ2n) is 5.23. The van der Waals surface area contributed by atoms with E-state index >= 15 is 0 Å². The molecule has 3 rings (SSSR count). The van der Waals surface area contributed by atoms with Crippen LogP contribution in [-0.4, -0.2) is 28.7 Å². The van der Waals surface area contributed by atoms with Gasteiger partial charge in [-0.2, -0.15) is 0 Å². The molecule has 1 aromatic carbocycles. The number of rotatable bonds is 2. The zero-order valence-electron chi connectivity index (χ0n) is 11.6. The van der Waals surface area contributed by atoms with Gasteiger partial charge in [0.25, 0.3) is 5.56 Å². The van der Waals surface area contributed by atoms with E-state index in [0.29, 0.717) is 11.5 Å². The third-order valence-electron chi connectivity index (χ3n) is 3.75. The molecule has 0 atom stereocenters. The zero-order chi connectivity index (χ0) is 14.8. The summed E-state index contributed by atoms with van der Waals surface area (Å²) in [5.41, 5.74) is 6.14. The maximum Gasteiger partial charge on any atom is 0.298 e. The van der Waals surface area contributed by atoms with Crippen LogP contribution in [0.15, 0.2) is 41.5 Å². The fourth-order valence-electron chi connectivity index (χ4n) is 2.56. The standard InChI is InChI=1S/C15H17FN4O/c16-11-2-1-3-13(10-11)20-9-6-18-14(15(20)21)19-7-4-12(17)5-8-19/h1-3,6,9-10,12H,4-5,7-8,17H2. The van der Waals surface area contributed by atoms with Gasteiger partial charge in [0.1, 0.15) is 5.82 Å². The minimum atomic E-state index is -0.373. The Balaban J connectivity index is 1.98. The lowest BCUT2D eigenvalue weighted by atomic mass is 10.1. The molecule has 2 heterocycles. The SMILES string of the molecule is NC1CCN(c2nccn(-c3cccc(F)c3)c2=O)CC1. The highest BCUT2D eigenvalue weighted by molar-refractivity contribution is 5.41. The topological polar surface area (TPSA) is 64.2 Å². The lowest BCUT2D eigenvalue weighted by molar-refractivity contribution is 0.497. The van der Waals surface area contributed by atoms with Gasteiger partial charge in [0.15, 0.2) is 5.82 Å². The summed E-state index contributed by atoms with van der Waals surface area (Å²) in [6, 6.07) is 6.15. The molecule has 2 aromatic rings. The van der Waals surface area contributed by atoms with Crippen molar-refractivity contribution >= 4 is 5.82 Å². The summed E-state index contributed by atoms with van der Waals surface area (Å²) in [6.07, 6.45) is 4.80. The van der Waals surface area contributed by atoms with Gasteiger partial charge in [0.2, 0.25) is 0 Å². The van der Waals surface area contributed by atoms with E-state index < -0.39 is 0 Å². The summed E-state index contributed by atoms with van der Waals surface area (Å²) >= 11 is 0. The molecule has 1 aliphatic heterocycles. The van der Waals surface area contributed by atoms with Gasteiger partial charge in [-0.25, -0.2) is 9.37 Å². The van der Waals surface area contributed by atoms with Crippen LogP contribution < -0.4 is 16.2 Å². The molecule has 0 aliphatic carbocycles. The summed E-state index contributed by atoms with van der Waals surface area (Å²) < 4.78 is 14.7. The molecule has 1 saturated heterocycles. The Morgan fingerprint density at radius 1 is 1.29 bits per heavy atom. The number of halogens is 1. The van der Waals surface area contributed by atoms with Crippen molar-refractivity contribution in [2.45, 2.75) is 18.9 Å². The average molecular weight is 288 g/mol. The second-order valence-corrected chi connectivity index (χ2v) is 5.23. The Hall–Kier alpha value is -2.21. The lowest BCUT2D eigenvalue weighted by Gasteiger charge is -2.30. The molecule has 0 spiro atoms. The first-order valence-electron chi connectivity index (χ1n) is 6.99. The molecule has 1 aliphatic rings. The molecule has 0 bridgehead atoms. The molecule has 0 amide bonds. The minimum absolute atomic E-state index is 0.190. The van der Waals surface area contributed by atoms with Crippen molar-refractivity contribution < 1.29 is 4.39 Å². The highest BCUT2D eigenvalue weighted by Gasteiger charge is 2.20. The van der Waals surface area contributed by atoms with Crippen molar-refractivity contribution in [2.75, 3.05) is 18.0 Å². The fraction of sp³-hybridized carbons (Fsp3) is 0.333. The molecule has 0 unspecified atom stereocenters. The summed E-state index contributed by atoms with van der Waals surface area (Å²) in [6.45, 7) is 1.44. The molecule has 0 saturated carbocycles. The van der Waals surface area contributed by atoms with Gasteiger partial charge in [0, 0.05) is 31.5 Å². The van der Waals surface area contributed by atoms with Gasteiger partial charge < -0.3 is 10.6 Å². The van der Waals surface area contributed by atoms with Crippen LogP contribution in [0, 0.1) is 5.82 Å². The lowest BCUT2D eigenvalue weighted by Crippen LogP contribution is -2.42. The van der Waals surface area contributed by atoms with Crippen molar-refractivity contribution in [3.8, 4) is 5.69 Å². The highest BCUT2D eigenvalue weighted by Crippen LogP contribution is 2.14. The van der Waals surface area contributed by atoms with Gasteiger partial charge in [-0.3, -0.25) is 9.36 Å². The maximum absolute atomic E-state index is 13.3. The first kappa shape index (κ1) is 13.8. The van der Waals surface area contributed by atoms with Gasteiger partial charge in [-0.15, -0.1) is 0 Å². The van der Waals surface area contributed by atoms with Crippen LogP contribution in [0.4, 0.5) is 10.2 Å². The number of benzene rings is 1. The van der Waals surface area contributed by atoms with Crippen LogP contribution in [0.2, 0.25) is 0 Å². The van der Waals surface area contributed by atoms with Crippen LogP contribution >= 0.6 is 0 Å². The van der Waals surface area contributed by atoms with Crippen molar-refractivity contribution in [1.29, 1.82) is 0 Å². The minimum Gasteiger partial charge on any atom is -0.352 e. The molecule has 0 radical (unpaired) electrons. The third-order valence-corrected chi connectivity index (χ3v) is 3.75. The van der Waals surface area contributed by atoms with Crippen LogP contribution in [0.3, 0.4) is 0 Å². The molecular weight excluding hydrogens is 271 g/mol. The van der Waals surface area contributed by atoms with Crippen LogP contribution in [-0.2, 0) is 0 Å². The molecule has 2 N–H and O–H groups in total. The number of aromatic nitrogens is 2. The van der Waals surface area contributed by atoms with Crippen LogP contribution in [0.1, 0.15) is 12.8 Å². The molecule has 21 heavy (non-hydrogen) atoms. The van der Waals surface area contributed by atoms with Crippen LogP contribution in [0.5, 0.6) is 0 Å². The molecule has 1 aromatic heterocycles. The summed E-state index contributed by atoms with van der Waals surface area (Å²) in [5.74, 6) is 0.0235. The molecule has 110 valence electrons. The molecule has 5 nitrogen and oxygen atoms in total. The van der Waals surface area contributed by atoms with Gasteiger partial charge in [-0.1, -0.05) is 6.07 Å². The number of hydrogen-bond donors (Lipinski definition) is 1. The van der Waals surface area contributed by atoms with E-state index in [-0.39, 0.29) is 17.4 Å². The zero-order valence-corrected chi connectivity index (χ0v) is 11.6. The van der Waals surface area contributed by atoms with E-state index in [9.17, 15) is 9.18 Å². The number of anilines is 1. The van der Waals surface area contributed by atoms with Crippen molar-refractivity contribution in [2.24, 2.45) is 5.73 Å². The largest absolute Gasteiger partial charge is 0.352 e. The van der Waals surface area contributed by atoms with E-state index in [1.165, 1.54) is 16.7 Å². The second kappa shape index (κ2) is 5.65. The number of piperidine rings is 1. The van der Waals surface area contributed by atoms with Crippen molar-refractivity contribution in [3.05, 3.63) is 52.8 Å². The quantitative estimate of drug-likeness (QED) is 0.904. The monoisotopic (exact) mass is 288 g/mol. The first-order valence-corrected chi connectivity index (χ1v) is 6.99. The van der Waals surface area contributed by atoms with Crippen molar-refractivity contribution in [3.63, 3.8) is 0 Å². The Bertz CT molecular complexity index is 692. The highest BCUT2D eigenvalue weighted by atomic mass is 19.1. The number of nitrogens with two attached hydrogens (primary N) is 1. The van der Waals surface area contributed by atoms with E-state index in [2.05, 4.69) is 4.98 Å². The van der Waals surface area contributed by atoms with Gasteiger partial charge >= 0.3 is 0 Å². The van der Waals surface area contributed by atoms with Gasteiger partial charge in [-0.05, 0) is 31.0 Å². The number of hydrogen-bond acceptors (Lipinski definition) is 4. The van der Waals surface area contributed by atoms with E-state index in [4.69, 9.17) is 5.73 Å². The summed E-state index contributed by atoms with van der Waals surface area (Å²) in [5, 5.41) is 0. The third kappa shape index (κ3) is 2.80. The smallest absolute Gasteiger partial charge is 0.298 e. The molecular formula is C15H17FN4O. The predicted molar refractivity (Wildman–Crippen MR) is 79.2 cm³/mol. The Morgan fingerprint density at radius 2 is 2.05 bits per heavy atom. The average Bonchev–Trinajstić information content (AvgIpc) is 2.48. The van der Waals surface area contributed by atoms with Gasteiger partial charge in [0.05, 0.1) is 5.69 Å². The van der Waals surface area contributed by atoms with Crippen molar-refractivity contribution in [1.82, 2.24) is 9.55 Å². The van der Waals surface area contributed by atoms with E-state index in [1.54, 1.807) is 24.5 Å². The summed E-state index contributed by atoms with van der Waals surface area (Å²) in [7, 11) is 0. The Morgan fingerprint density at radius 3 is 2.76 bits per heavy atom.